The van der Waals surface area contributed by atoms with Gasteiger partial charge in [-0.3, -0.25) is 9.59 Å². The summed E-state index contributed by atoms with van der Waals surface area (Å²) in [6, 6.07) is 16.2. The third-order valence-electron chi connectivity index (χ3n) is 4.31. The summed E-state index contributed by atoms with van der Waals surface area (Å²) in [5, 5.41) is 9.35. The molecule has 0 aromatic heterocycles. The van der Waals surface area contributed by atoms with Gasteiger partial charge in [-0.25, -0.2) is 5.43 Å². The van der Waals surface area contributed by atoms with E-state index in [2.05, 4.69) is 15.8 Å². The number of nitrogens with zero attached hydrogens (tertiary/aromatic N) is 1. The fraction of sp³-hybridized carbons (Fsp3) is 0.136. The summed E-state index contributed by atoms with van der Waals surface area (Å²) in [5.74, 6) is 0.0551. The molecular formula is C22H19Cl2N3O3. The van der Waals surface area contributed by atoms with Gasteiger partial charge in [-0.1, -0.05) is 47.5 Å². The van der Waals surface area contributed by atoms with Gasteiger partial charge in [0, 0.05) is 28.8 Å². The summed E-state index contributed by atoms with van der Waals surface area (Å²) in [6.45, 7) is 0. The van der Waals surface area contributed by atoms with Gasteiger partial charge in [0.25, 0.3) is 0 Å². The molecule has 0 aliphatic rings. The highest BCUT2D eigenvalue weighted by atomic mass is 35.5. The number of benzene rings is 3. The standard InChI is InChI=1S/C22H19Cl2N3O3/c1-30-20-9-6-14(16-4-2-3-5-17(16)20)13-25-27-22(29)11-10-21(28)26-19-8-7-15(23)12-18(19)24/h2-9,12-13H,10-11H2,1H3,(H,26,28)(H,27,29). The van der Waals surface area contributed by atoms with Gasteiger partial charge in [0.1, 0.15) is 5.75 Å². The van der Waals surface area contributed by atoms with Crippen LogP contribution in [0.1, 0.15) is 18.4 Å². The molecule has 3 rings (SSSR count). The van der Waals surface area contributed by atoms with Crippen molar-refractivity contribution in [1.82, 2.24) is 5.43 Å². The molecule has 154 valence electrons. The van der Waals surface area contributed by atoms with Crippen LogP contribution in [0.15, 0.2) is 59.7 Å². The topological polar surface area (TPSA) is 79.8 Å². The van der Waals surface area contributed by atoms with E-state index in [1.165, 1.54) is 6.07 Å². The summed E-state index contributed by atoms with van der Waals surface area (Å²) < 4.78 is 5.37. The number of nitrogens with one attached hydrogen (secondary N) is 2. The Bertz CT molecular complexity index is 1120. The maximum absolute atomic E-state index is 12.0. The minimum Gasteiger partial charge on any atom is -0.496 e. The number of hydrogen-bond acceptors (Lipinski definition) is 4. The van der Waals surface area contributed by atoms with E-state index in [4.69, 9.17) is 27.9 Å². The number of fused-ring (bicyclic) bond motifs is 1. The van der Waals surface area contributed by atoms with E-state index in [1.807, 2.05) is 36.4 Å². The van der Waals surface area contributed by atoms with Gasteiger partial charge in [0.15, 0.2) is 0 Å². The van der Waals surface area contributed by atoms with Gasteiger partial charge < -0.3 is 10.1 Å². The zero-order valence-corrected chi connectivity index (χ0v) is 17.6. The first-order chi connectivity index (χ1) is 14.5. The van der Waals surface area contributed by atoms with Gasteiger partial charge in [0.2, 0.25) is 11.8 Å². The van der Waals surface area contributed by atoms with E-state index in [-0.39, 0.29) is 24.7 Å². The Kier molecular flexibility index (Phi) is 7.27. The van der Waals surface area contributed by atoms with Crippen molar-refractivity contribution in [3.05, 3.63) is 70.2 Å². The molecule has 0 atom stereocenters. The van der Waals surface area contributed by atoms with E-state index in [0.29, 0.717) is 15.7 Å². The predicted molar refractivity (Wildman–Crippen MR) is 121 cm³/mol. The van der Waals surface area contributed by atoms with Crippen molar-refractivity contribution >= 4 is 57.7 Å². The fourth-order valence-corrected chi connectivity index (χ4v) is 3.30. The van der Waals surface area contributed by atoms with Crippen molar-refractivity contribution in [3.8, 4) is 5.75 Å². The molecule has 30 heavy (non-hydrogen) atoms. The first kappa shape index (κ1) is 21.6. The van der Waals surface area contributed by atoms with Crippen molar-refractivity contribution in [2.75, 3.05) is 12.4 Å². The molecule has 0 unspecified atom stereocenters. The van der Waals surface area contributed by atoms with Gasteiger partial charge in [0.05, 0.1) is 24.0 Å². The minimum absolute atomic E-state index is 0.00816. The molecular weight excluding hydrogens is 425 g/mol. The molecule has 6 nitrogen and oxygen atoms in total. The van der Waals surface area contributed by atoms with Gasteiger partial charge in [-0.05, 0) is 35.7 Å². The van der Waals surface area contributed by atoms with Crippen molar-refractivity contribution in [3.63, 3.8) is 0 Å². The Morgan fingerprint density at radius 3 is 2.47 bits per heavy atom. The molecule has 0 radical (unpaired) electrons. The highest BCUT2D eigenvalue weighted by molar-refractivity contribution is 6.36. The van der Waals surface area contributed by atoms with Crippen molar-refractivity contribution < 1.29 is 14.3 Å². The van der Waals surface area contributed by atoms with E-state index in [0.717, 1.165) is 22.1 Å². The average molecular weight is 444 g/mol. The predicted octanol–water partition coefficient (Wildman–Crippen LogP) is 5.02. The number of rotatable bonds is 7. The molecule has 0 aliphatic heterocycles. The SMILES string of the molecule is COc1ccc(C=NNC(=O)CCC(=O)Nc2ccc(Cl)cc2Cl)c2ccccc12. The number of carbonyl (C=O) groups excluding carboxylic acids is 2. The first-order valence-electron chi connectivity index (χ1n) is 9.10. The smallest absolute Gasteiger partial charge is 0.240 e. The Balaban J connectivity index is 1.54. The lowest BCUT2D eigenvalue weighted by atomic mass is 10.0. The first-order valence-corrected chi connectivity index (χ1v) is 9.86. The molecule has 0 fully saturated rings. The van der Waals surface area contributed by atoms with Crippen LogP contribution < -0.4 is 15.5 Å². The van der Waals surface area contributed by atoms with Crippen LogP contribution in [0, 0.1) is 0 Å². The zero-order chi connectivity index (χ0) is 21.5. The van der Waals surface area contributed by atoms with E-state index in [9.17, 15) is 9.59 Å². The number of halogens is 2. The third-order valence-corrected chi connectivity index (χ3v) is 4.86. The molecule has 0 heterocycles. The normalized spacial score (nSPS) is 10.9. The van der Waals surface area contributed by atoms with E-state index in [1.54, 1.807) is 25.5 Å². The molecule has 0 bridgehead atoms. The number of carbonyl (C=O) groups is 2. The molecule has 3 aromatic rings. The number of methoxy groups -OCH3 is 1. The Morgan fingerprint density at radius 2 is 1.73 bits per heavy atom. The summed E-state index contributed by atoms with van der Waals surface area (Å²) in [6.07, 6.45) is 1.54. The molecule has 8 heteroatoms. The van der Waals surface area contributed by atoms with Gasteiger partial charge in [-0.2, -0.15) is 5.10 Å². The van der Waals surface area contributed by atoms with Crippen LogP contribution in [0.3, 0.4) is 0 Å². The van der Waals surface area contributed by atoms with E-state index < -0.39 is 0 Å². The lowest BCUT2D eigenvalue weighted by Gasteiger charge is -2.08. The number of hydrogen-bond donors (Lipinski definition) is 2. The molecule has 0 saturated carbocycles. The van der Waals surface area contributed by atoms with Gasteiger partial charge >= 0.3 is 0 Å². The summed E-state index contributed by atoms with van der Waals surface area (Å²) in [7, 11) is 1.62. The maximum Gasteiger partial charge on any atom is 0.240 e. The quantitative estimate of drug-likeness (QED) is 0.397. The summed E-state index contributed by atoms with van der Waals surface area (Å²) >= 11 is 11.8. The molecule has 0 aliphatic carbocycles. The van der Waals surface area contributed by atoms with Crippen LogP contribution in [0.25, 0.3) is 10.8 Å². The number of amides is 2. The molecule has 0 spiro atoms. The van der Waals surface area contributed by atoms with Gasteiger partial charge in [-0.15, -0.1) is 0 Å². The monoisotopic (exact) mass is 443 g/mol. The van der Waals surface area contributed by atoms with Crippen LogP contribution in [0.4, 0.5) is 5.69 Å². The number of hydrazone groups is 1. The fourth-order valence-electron chi connectivity index (χ4n) is 2.85. The molecule has 2 N–H and O–H groups in total. The highest BCUT2D eigenvalue weighted by Gasteiger charge is 2.09. The van der Waals surface area contributed by atoms with Crippen LogP contribution >= 0.6 is 23.2 Å². The Morgan fingerprint density at radius 1 is 1.00 bits per heavy atom. The van der Waals surface area contributed by atoms with Crippen molar-refractivity contribution in [1.29, 1.82) is 0 Å². The molecule has 0 saturated heterocycles. The van der Waals surface area contributed by atoms with Crippen molar-refractivity contribution in [2.24, 2.45) is 5.10 Å². The second-order valence-corrected chi connectivity index (χ2v) is 7.21. The Hall–Kier alpha value is -3.09. The highest BCUT2D eigenvalue weighted by Crippen LogP contribution is 2.27. The number of ether oxygens (including phenoxy) is 1. The van der Waals surface area contributed by atoms with E-state index >= 15 is 0 Å². The Labute approximate surface area is 183 Å². The minimum atomic E-state index is -0.374. The lowest BCUT2D eigenvalue weighted by Crippen LogP contribution is -2.20. The second kappa shape index (κ2) is 10.1. The van der Waals surface area contributed by atoms with Crippen LogP contribution in [-0.2, 0) is 9.59 Å². The third kappa shape index (κ3) is 5.49. The lowest BCUT2D eigenvalue weighted by molar-refractivity contribution is -0.124. The molecule has 2 amide bonds. The maximum atomic E-state index is 12.0. The van der Waals surface area contributed by atoms with Crippen LogP contribution in [-0.4, -0.2) is 25.1 Å². The summed E-state index contributed by atoms with van der Waals surface area (Å²) in [5.41, 5.74) is 3.71. The molecule has 3 aromatic carbocycles. The summed E-state index contributed by atoms with van der Waals surface area (Å²) in [4.78, 5) is 24.0. The van der Waals surface area contributed by atoms with Crippen LogP contribution in [0.2, 0.25) is 10.0 Å². The average Bonchev–Trinajstić information content (AvgIpc) is 2.74. The van der Waals surface area contributed by atoms with Crippen LogP contribution in [0.5, 0.6) is 5.75 Å². The zero-order valence-electron chi connectivity index (χ0n) is 16.1. The largest absolute Gasteiger partial charge is 0.496 e. The second-order valence-electron chi connectivity index (χ2n) is 6.37. The number of anilines is 1. The van der Waals surface area contributed by atoms with Crippen molar-refractivity contribution in [2.45, 2.75) is 12.8 Å².